The van der Waals surface area contributed by atoms with Gasteiger partial charge in [0.15, 0.2) is 0 Å². The third-order valence-electron chi connectivity index (χ3n) is 3.32. The molecule has 0 aromatic rings. The molecule has 0 aromatic carbocycles. The third-order valence-corrected chi connectivity index (χ3v) is 3.32. The maximum Gasteiger partial charge on any atom is 0.0647 e. The summed E-state index contributed by atoms with van der Waals surface area (Å²) in [6, 6.07) is 0. The molecule has 21 heavy (non-hydrogen) atoms. The van der Waals surface area contributed by atoms with E-state index in [1.807, 2.05) is 57.2 Å². The van der Waals surface area contributed by atoms with Gasteiger partial charge in [0.25, 0.3) is 0 Å². The number of rotatable bonds is 13. The molecule has 0 radical (unpaired) electrons. The summed E-state index contributed by atoms with van der Waals surface area (Å²) in [5.74, 6) is 0. The Hall–Kier alpha value is -0.900. The maximum atomic E-state index is 5.76. The molecule has 0 saturated heterocycles. The first-order valence-corrected chi connectivity index (χ1v) is 7.81. The molecule has 0 aliphatic carbocycles. The van der Waals surface area contributed by atoms with E-state index in [0.717, 1.165) is 6.42 Å². The zero-order valence-corrected chi connectivity index (χ0v) is 14.1. The van der Waals surface area contributed by atoms with Gasteiger partial charge in [-0.25, -0.2) is 0 Å². The summed E-state index contributed by atoms with van der Waals surface area (Å²) in [4.78, 5) is 0. The quantitative estimate of drug-likeness (QED) is 0.377. The lowest BCUT2D eigenvalue weighted by Crippen LogP contribution is -2.37. The van der Waals surface area contributed by atoms with Crippen molar-refractivity contribution in [3.05, 3.63) is 36.5 Å². The Morgan fingerprint density at radius 2 is 1.00 bits per heavy atom. The molecule has 0 heterocycles. The summed E-state index contributed by atoms with van der Waals surface area (Å²) in [6.45, 7) is 12.0. The lowest BCUT2D eigenvalue weighted by atomic mass is 9.88. The van der Waals surface area contributed by atoms with Crippen molar-refractivity contribution in [1.29, 1.82) is 0 Å². The molecule has 3 heteroatoms. The van der Waals surface area contributed by atoms with E-state index in [0.29, 0.717) is 39.6 Å². The predicted octanol–water partition coefficient (Wildman–Crippen LogP) is 4.16. The highest BCUT2D eigenvalue weighted by atomic mass is 16.5. The molecule has 3 nitrogen and oxygen atoms in total. The zero-order chi connectivity index (χ0) is 15.8. The van der Waals surface area contributed by atoms with Crippen molar-refractivity contribution in [2.75, 3.05) is 39.6 Å². The molecule has 0 N–H and O–H groups in total. The topological polar surface area (TPSA) is 27.7 Å². The minimum Gasteiger partial charge on any atom is -0.377 e. The molecule has 0 amide bonds. The molecule has 122 valence electrons. The molecule has 0 fully saturated rings. The Morgan fingerprint density at radius 1 is 0.667 bits per heavy atom. The first kappa shape index (κ1) is 20.1. The van der Waals surface area contributed by atoms with E-state index in [-0.39, 0.29) is 5.41 Å². The van der Waals surface area contributed by atoms with Crippen LogP contribution in [0.3, 0.4) is 0 Å². The molecular weight excluding hydrogens is 264 g/mol. The average molecular weight is 296 g/mol. The number of allylic oxidation sites excluding steroid dienone is 3. The molecule has 0 atom stereocenters. The fraction of sp³-hybridized carbons (Fsp3) is 0.667. The van der Waals surface area contributed by atoms with E-state index in [2.05, 4.69) is 6.92 Å². The van der Waals surface area contributed by atoms with E-state index in [9.17, 15) is 0 Å². The fourth-order valence-electron chi connectivity index (χ4n) is 1.75. The molecular formula is C18H32O3. The van der Waals surface area contributed by atoms with Crippen LogP contribution in [0.4, 0.5) is 0 Å². The van der Waals surface area contributed by atoms with Gasteiger partial charge in [0.1, 0.15) is 0 Å². The second kappa shape index (κ2) is 14.1. The molecule has 0 bridgehead atoms. The van der Waals surface area contributed by atoms with Crippen LogP contribution in [0.2, 0.25) is 0 Å². The minimum absolute atomic E-state index is 0.0786. The Morgan fingerprint density at radius 3 is 1.24 bits per heavy atom. The summed E-state index contributed by atoms with van der Waals surface area (Å²) in [6.07, 6.45) is 13.0. The van der Waals surface area contributed by atoms with Crippen molar-refractivity contribution in [3.8, 4) is 0 Å². The molecule has 0 aromatic heterocycles. The van der Waals surface area contributed by atoms with Gasteiger partial charge in [-0.1, -0.05) is 43.4 Å². The van der Waals surface area contributed by atoms with Crippen molar-refractivity contribution in [3.63, 3.8) is 0 Å². The van der Waals surface area contributed by atoms with Crippen LogP contribution in [0.25, 0.3) is 0 Å². The lowest BCUT2D eigenvalue weighted by molar-refractivity contribution is -0.0588. The standard InChI is InChI=1S/C18H32O3/c1-5-9-12-19-15-18(8-4,16-20-13-10-6-2)17-21-14-11-7-3/h5-7,9-11H,8,12-17H2,1-4H3. The molecule has 0 spiro atoms. The summed E-state index contributed by atoms with van der Waals surface area (Å²) < 4.78 is 17.3. The SMILES string of the molecule is CC=CCOCC(CC)(COCC=CC)COCC=CC. The van der Waals surface area contributed by atoms with E-state index >= 15 is 0 Å². The summed E-state index contributed by atoms with van der Waals surface area (Å²) in [5.41, 5.74) is -0.0786. The van der Waals surface area contributed by atoms with Gasteiger partial charge in [-0.3, -0.25) is 0 Å². The zero-order valence-electron chi connectivity index (χ0n) is 14.1. The van der Waals surface area contributed by atoms with Crippen LogP contribution in [-0.2, 0) is 14.2 Å². The first-order valence-electron chi connectivity index (χ1n) is 7.81. The molecule has 0 aliphatic heterocycles. The van der Waals surface area contributed by atoms with Gasteiger partial charge in [0, 0.05) is 5.41 Å². The fourth-order valence-corrected chi connectivity index (χ4v) is 1.75. The van der Waals surface area contributed by atoms with Gasteiger partial charge < -0.3 is 14.2 Å². The van der Waals surface area contributed by atoms with Gasteiger partial charge in [0.05, 0.1) is 39.6 Å². The molecule has 0 rings (SSSR count). The second-order valence-electron chi connectivity index (χ2n) is 5.11. The van der Waals surface area contributed by atoms with Crippen LogP contribution in [0.15, 0.2) is 36.5 Å². The minimum atomic E-state index is -0.0786. The van der Waals surface area contributed by atoms with Crippen LogP contribution < -0.4 is 0 Å². The van der Waals surface area contributed by atoms with E-state index in [1.54, 1.807) is 0 Å². The van der Waals surface area contributed by atoms with E-state index in [4.69, 9.17) is 14.2 Å². The monoisotopic (exact) mass is 296 g/mol. The Balaban J connectivity index is 4.41. The number of hydrogen-bond donors (Lipinski definition) is 0. The van der Waals surface area contributed by atoms with Crippen molar-refractivity contribution < 1.29 is 14.2 Å². The van der Waals surface area contributed by atoms with Crippen molar-refractivity contribution >= 4 is 0 Å². The van der Waals surface area contributed by atoms with Gasteiger partial charge in [-0.15, -0.1) is 0 Å². The van der Waals surface area contributed by atoms with Crippen LogP contribution in [0.1, 0.15) is 34.1 Å². The Bertz CT molecular complexity index is 260. The van der Waals surface area contributed by atoms with Crippen LogP contribution in [0, 0.1) is 5.41 Å². The average Bonchev–Trinajstić information content (AvgIpc) is 2.51. The number of hydrogen-bond acceptors (Lipinski definition) is 3. The predicted molar refractivity (Wildman–Crippen MR) is 89.6 cm³/mol. The van der Waals surface area contributed by atoms with Crippen molar-refractivity contribution in [1.82, 2.24) is 0 Å². The first-order chi connectivity index (χ1) is 10.2. The lowest BCUT2D eigenvalue weighted by Gasteiger charge is -2.31. The van der Waals surface area contributed by atoms with E-state index < -0.39 is 0 Å². The molecule has 0 aliphatic rings. The van der Waals surface area contributed by atoms with Crippen LogP contribution >= 0.6 is 0 Å². The maximum absolute atomic E-state index is 5.76. The second-order valence-corrected chi connectivity index (χ2v) is 5.11. The Labute approximate surface area is 130 Å². The van der Waals surface area contributed by atoms with Crippen LogP contribution in [0.5, 0.6) is 0 Å². The highest BCUT2D eigenvalue weighted by molar-refractivity contribution is 4.83. The van der Waals surface area contributed by atoms with E-state index in [1.165, 1.54) is 0 Å². The van der Waals surface area contributed by atoms with Crippen molar-refractivity contribution in [2.45, 2.75) is 34.1 Å². The van der Waals surface area contributed by atoms with Crippen LogP contribution in [-0.4, -0.2) is 39.6 Å². The van der Waals surface area contributed by atoms with Gasteiger partial charge >= 0.3 is 0 Å². The largest absolute Gasteiger partial charge is 0.377 e. The highest BCUT2D eigenvalue weighted by Crippen LogP contribution is 2.24. The van der Waals surface area contributed by atoms with Gasteiger partial charge in [-0.05, 0) is 27.2 Å². The Kier molecular flexibility index (Phi) is 13.5. The molecule has 0 saturated carbocycles. The summed E-state index contributed by atoms with van der Waals surface area (Å²) in [7, 11) is 0. The normalized spacial score (nSPS) is 15.4. The highest BCUT2D eigenvalue weighted by Gasteiger charge is 2.29. The van der Waals surface area contributed by atoms with Gasteiger partial charge in [-0.2, -0.15) is 0 Å². The summed E-state index contributed by atoms with van der Waals surface area (Å²) >= 11 is 0. The number of ether oxygens (including phenoxy) is 3. The molecule has 0 unspecified atom stereocenters. The van der Waals surface area contributed by atoms with Crippen molar-refractivity contribution in [2.24, 2.45) is 5.41 Å². The summed E-state index contributed by atoms with van der Waals surface area (Å²) in [5, 5.41) is 0. The third kappa shape index (κ3) is 10.5. The smallest absolute Gasteiger partial charge is 0.0647 e. The van der Waals surface area contributed by atoms with Gasteiger partial charge in [0.2, 0.25) is 0 Å².